The van der Waals surface area contributed by atoms with E-state index >= 15 is 0 Å². The maximum Gasteiger partial charge on any atom is 0.0935 e. The molecule has 0 saturated carbocycles. The van der Waals surface area contributed by atoms with Crippen LogP contribution in [-0.4, -0.2) is 23.8 Å². The van der Waals surface area contributed by atoms with Crippen LogP contribution < -0.4 is 5.32 Å². The Morgan fingerprint density at radius 1 is 1.50 bits per heavy atom. The van der Waals surface area contributed by atoms with Crippen molar-refractivity contribution in [3.05, 3.63) is 34.3 Å². The zero-order valence-electron chi connectivity index (χ0n) is 8.18. The van der Waals surface area contributed by atoms with Gasteiger partial charge in [0.05, 0.1) is 5.60 Å². The molecular formula is C11H14ClNO. The van der Waals surface area contributed by atoms with Gasteiger partial charge in [-0.25, -0.2) is 0 Å². The summed E-state index contributed by atoms with van der Waals surface area (Å²) in [4.78, 5) is 0. The van der Waals surface area contributed by atoms with Crippen LogP contribution >= 0.6 is 11.6 Å². The molecule has 3 heteroatoms. The van der Waals surface area contributed by atoms with Gasteiger partial charge in [-0.2, -0.15) is 0 Å². The fourth-order valence-electron chi connectivity index (χ4n) is 1.74. The third-order valence-corrected chi connectivity index (χ3v) is 3.09. The quantitative estimate of drug-likeness (QED) is 0.778. The summed E-state index contributed by atoms with van der Waals surface area (Å²) >= 11 is 5.92. The molecule has 1 aliphatic heterocycles. The van der Waals surface area contributed by atoms with E-state index in [9.17, 15) is 5.11 Å². The van der Waals surface area contributed by atoms with Gasteiger partial charge in [0.1, 0.15) is 0 Å². The predicted octanol–water partition coefficient (Wildman–Crippen LogP) is 1.53. The van der Waals surface area contributed by atoms with Crippen LogP contribution in [0.25, 0.3) is 0 Å². The first kappa shape index (κ1) is 9.97. The molecule has 0 aliphatic carbocycles. The number of hydrogen-bond acceptors (Lipinski definition) is 2. The monoisotopic (exact) mass is 211 g/mol. The van der Waals surface area contributed by atoms with Crippen LogP contribution in [0.1, 0.15) is 11.1 Å². The Morgan fingerprint density at radius 3 is 2.71 bits per heavy atom. The van der Waals surface area contributed by atoms with Gasteiger partial charge < -0.3 is 10.4 Å². The number of β-amino-alcohol motifs (C(OH)–C–C–N with tert-alkyl or cyclic N) is 1. The van der Waals surface area contributed by atoms with Crippen molar-refractivity contribution in [2.75, 3.05) is 13.1 Å². The Morgan fingerprint density at radius 2 is 2.21 bits per heavy atom. The van der Waals surface area contributed by atoms with Crippen molar-refractivity contribution in [2.45, 2.75) is 18.9 Å². The Bertz CT molecular complexity index is 347. The van der Waals surface area contributed by atoms with Gasteiger partial charge in [0.2, 0.25) is 0 Å². The first-order chi connectivity index (χ1) is 6.59. The SMILES string of the molecule is Cc1cc(CC2(O)CNC2)ccc1Cl. The summed E-state index contributed by atoms with van der Waals surface area (Å²) in [5.74, 6) is 0. The lowest BCUT2D eigenvalue weighted by Gasteiger charge is -2.37. The molecule has 14 heavy (non-hydrogen) atoms. The van der Waals surface area contributed by atoms with Crippen LogP contribution in [0.5, 0.6) is 0 Å². The molecule has 0 spiro atoms. The molecule has 2 nitrogen and oxygen atoms in total. The zero-order valence-corrected chi connectivity index (χ0v) is 8.93. The molecule has 0 unspecified atom stereocenters. The summed E-state index contributed by atoms with van der Waals surface area (Å²) in [6.07, 6.45) is 0.706. The largest absolute Gasteiger partial charge is 0.387 e. The van der Waals surface area contributed by atoms with E-state index in [1.165, 1.54) is 0 Å². The standard InChI is InChI=1S/C11H14ClNO/c1-8-4-9(2-3-10(8)12)5-11(14)6-13-7-11/h2-4,13-14H,5-7H2,1H3. The lowest BCUT2D eigenvalue weighted by atomic mass is 9.89. The molecule has 2 N–H and O–H groups in total. The van der Waals surface area contributed by atoms with Crippen molar-refractivity contribution in [1.29, 1.82) is 0 Å². The van der Waals surface area contributed by atoms with Crippen molar-refractivity contribution >= 4 is 11.6 Å². The highest BCUT2D eigenvalue weighted by Crippen LogP contribution is 2.21. The summed E-state index contributed by atoms with van der Waals surface area (Å²) in [5.41, 5.74) is 1.68. The van der Waals surface area contributed by atoms with E-state index in [4.69, 9.17) is 11.6 Å². The number of hydrogen-bond donors (Lipinski definition) is 2. The van der Waals surface area contributed by atoms with Crippen molar-refractivity contribution in [1.82, 2.24) is 5.32 Å². The fourth-order valence-corrected chi connectivity index (χ4v) is 1.85. The second-order valence-electron chi connectivity index (χ2n) is 4.09. The van der Waals surface area contributed by atoms with E-state index in [1.54, 1.807) is 0 Å². The normalized spacial score (nSPS) is 19.1. The second-order valence-corrected chi connectivity index (χ2v) is 4.50. The molecule has 0 amide bonds. The Kier molecular flexibility index (Phi) is 2.52. The van der Waals surface area contributed by atoms with Gasteiger partial charge in [-0.1, -0.05) is 23.7 Å². The summed E-state index contributed by atoms with van der Waals surface area (Å²) < 4.78 is 0. The third-order valence-electron chi connectivity index (χ3n) is 2.66. The Labute approximate surface area is 88.9 Å². The average molecular weight is 212 g/mol. The summed E-state index contributed by atoms with van der Waals surface area (Å²) in [6, 6.07) is 5.91. The number of rotatable bonds is 2. The highest BCUT2D eigenvalue weighted by atomic mass is 35.5. The van der Waals surface area contributed by atoms with Gasteiger partial charge >= 0.3 is 0 Å². The van der Waals surface area contributed by atoms with E-state index in [1.807, 2.05) is 25.1 Å². The minimum Gasteiger partial charge on any atom is -0.387 e. The highest BCUT2D eigenvalue weighted by molar-refractivity contribution is 6.31. The molecule has 76 valence electrons. The molecule has 0 radical (unpaired) electrons. The molecule has 1 heterocycles. The van der Waals surface area contributed by atoms with Crippen molar-refractivity contribution < 1.29 is 5.11 Å². The minimum atomic E-state index is -0.541. The first-order valence-corrected chi connectivity index (χ1v) is 5.15. The maximum absolute atomic E-state index is 9.93. The van der Waals surface area contributed by atoms with E-state index < -0.39 is 5.60 Å². The van der Waals surface area contributed by atoms with Crippen LogP contribution in [0.2, 0.25) is 5.02 Å². The average Bonchev–Trinajstić information content (AvgIpc) is 2.09. The zero-order chi connectivity index (χ0) is 10.2. The molecule has 0 aromatic heterocycles. The van der Waals surface area contributed by atoms with Crippen LogP contribution in [0.15, 0.2) is 18.2 Å². The minimum absolute atomic E-state index is 0.541. The van der Waals surface area contributed by atoms with Crippen molar-refractivity contribution in [2.24, 2.45) is 0 Å². The van der Waals surface area contributed by atoms with Gasteiger partial charge in [0.25, 0.3) is 0 Å². The topological polar surface area (TPSA) is 32.3 Å². The Balaban J connectivity index is 2.13. The van der Waals surface area contributed by atoms with Gasteiger partial charge in [0, 0.05) is 24.5 Å². The molecular weight excluding hydrogens is 198 g/mol. The van der Waals surface area contributed by atoms with E-state index in [0.717, 1.165) is 16.1 Å². The molecule has 1 fully saturated rings. The lowest BCUT2D eigenvalue weighted by molar-refractivity contribution is -0.00902. The number of benzene rings is 1. The molecule has 1 saturated heterocycles. The fraction of sp³-hybridized carbons (Fsp3) is 0.455. The Hall–Kier alpha value is -0.570. The number of aliphatic hydroxyl groups is 1. The van der Waals surface area contributed by atoms with Crippen molar-refractivity contribution in [3.8, 4) is 0 Å². The maximum atomic E-state index is 9.93. The molecule has 1 aliphatic rings. The lowest BCUT2D eigenvalue weighted by Crippen LogP contribution is -2.60. The van der Waals surface area contributed by atoms with E-state index in [-0.39, 0.29) is 0 Å². The molecule has 2 rings (SSSR count). The van der Waals surface area contributed by atoms with Crippen LogP contribution in [0.4, 0.5) is 0 Å². The van der Waals surface area contributed by atoms with Crippen LogP contribution in [-0.2, 0) is 6.42 Å². The van der Waals surface area contributed by atoms with E-state index in [0.29, 0.717) is 19.5 Å². The van der Waals surface area contributed by atoms with E-state index in [2.05, 4.69) is 5.32 Å². The van der Waals surface area contributed by atoms with Gasteiger partial charge in [0.15, 0.2) is 0 Å². The first-order valence-electron chi connectivity index (χ1n) is 4.77. The van der Waals surface area contributed by atoms with Crippen LogP contribution in [0, 0.1) is 6.92 Å². The van der Waals surface area contributed by atoms with Crippen LogP contribution in [0.3, 0.4) is 0 Å². The van der Waals surface area contributed by atoms with Gasteiger partial charge in [-0.3, -0.25) is 0 Å². The smallest absolute Gasteiger partial charge is 0.0935 e. The number of aryl methyl sites for hydroxylation is 1. The molecule has 0 bridgehead atoms. The summed E-state index contributed by atoms with van der Waals surface area (Å²) in [6.45, 7) is 3.36. The third kappa shape index (κ3) is 1.92. The van der Waals surface area contributed by atoms with Gasteiger partial charge in [-0.05, 0) is 24.1 Å². The summed E-state index contributed by atoms with van der Waals surface area (Å²) in [7, 11) is 0. The molecule has 1 aromatic rings. The predicted molar refractivity (Wildman–Crippen MR) is 57.7 cm³/mol. The summed E-state index contributed by atoms with van der Waals surface area (Å²) in [5, 5.41) is 13.8. The molecule has 0 atom stereocenters. The highest BCUT2D eigenvalue weighted by Gasteiger charge is 2.34. The number of nitrogens with one attached hydrogen (secondary N) is 1. The number of halogens is 1. The second kappa shape index (κ2) is 3.54. The molecule has 1 aromatic carbocycles. The van der Waals surface area contributed by atoms with Crippen molar-refractivity contribution in [3.63, 3.8) is 0 Å². The van der Waals surface area contributed by atoms with Gasteiger partial charge in [-0.15, -0.1) is 0 Å².